The van der Waals surface area contributed by atoms with Gasteiger partial charge in [0.25, 0.3) is 5.91 Å². The molecule has 0 aliphatic carbocycles. The van der Waals surface area contributed by atoms with E-state index in [0.29, 0.717) is 17.7 Å². The molecule has 4 rings (SSSR count). The number of hydrogen-bond donors (Lipinski definition) is 2. The topological polar surface area (TPSA) is 91.3 Å². The van der Waals surface area contributed by atoms with Crippen LogP contribution in [0.2, 0.25) is 0 Å². The minimum atomic E-state index is -0.485. The average Bonchev–Trinajstić information content (AvgIpc) is 3.09. The van der Waals surface area contributed by atoms with E-state index >= 15 is 0 Å². The van der Waals surface area contributed by atoms with Gasteiger partial charge in [-0.25, -0.2) is 0 Å². The zero-order valence-corrected chi connectivity index (χ0v) is 23.5. The number of carbonyl (C=O) groups excluding carboxylic acids is 2. The monoisotopic (exact) mass is 564 g/mol. The van der Waals surface area contributed by atoms with Crippen molar-refractivity contribution in [2.75, 3.05) is 14.1 Å². The number of phenolic OH excluding ortho intramolecular Hbond substituents is 1. The van der Waals surface area contributed by atoms with Crippen molar-refractivity contribution in [3.8, 4) is 5.75 Å². The van der Waals surface area contributed by atoms with Crippen LogP contribution in [0.4, 0.5) is 0 Å². The third kappa shape index (κ3) is 5.54. The van der Waals surface area contributed by atoms with E-state index in [-0.39, 0.29) is 52.1 Å². The molecule has 0 atom stereocenters. The van der Waals surface area contributed by atoms with Gasteiger partial charge >= 0.3 is 0 Å². The molecule has 4 aromatic rings. The van der Waals surface area contributed by atoms with Crippen LogP contribution in [-0.4, -0.2) is 44.9 Å². The molecule has 0 saturated carbocycles. The number of aromatic nitrogens is 2. The smallest absolute Gasteiger partial charge is 0.257 e. The number of phenols is 1. The summed E-state index contributed by atoms with van der Waals surface area (Å²) in [4.78, 5) is 27.8. The number of nitrogens with one attached hydrogen (secondary N) is 1. The van der Waals surface area contributed by atoms with Gasteiger partial charge in [-0.05, 0) is 35.2 Å². The SMILES string of the molecule is Br.CN(C)C(=O)c1cc(C(=O)Cn2c(=N)n(Cc3ccccc3)c3ccccc32)cc(C(C)(C)C)c1O. The van der Waals surface area contributed by atoms with Gasteiger partial charge in [0.05, 0.1) is 29.7 Å². The van der Waals surface area contributed by atoms with Gasteiger partial charge in [0.15, 0.2) is 5.78 Å². The summed E-state index contributed by atoms with van der Waals surface area (Å²) in [5, 5.41) is 19.8. The number of ketones is 1. The third-order valence-corrected chi connectivity index (χ3v) is 6.34. The Hall–Kier alpha value is -3.65. The van der Waals surface area contributed by atoms with E-state index in [4.69, 9.17) is 5.41 Å². The fraction of sp³-hybridized carbons (Fsp3) is 0.276. The van der Waals surface area contributed by atoms with Crippen molar-refractivity contribution >= 4 is 39.7 Å². The number of fused-ring (bicyclic) bond motifs is 1. The Balaban J connectivity index is 0.00000380. The van der Waals surface area contributed by atoms with Crippen molar-refractivity contribution in [1.29, 1.82) is 5.41 Å². The molecule has 0 saturated heterocycles. The van der Waals surface area contributed by atoms with Gasteiger partial charge in [0.2, 0.25) is 5.62 Å². The van der Waals surface area contributed by atoms with Gasteiger partial charge < -0.3 is 19.1 Å². The van der Waals surface area contributed by atoms with Crippen molar-refractivity contribution in [3.63, 3.8) is 0 Å². The molecule has 0 bridgehead atoms. The van der Waals surface area contributed by atoms with Gasteiger partial charge in [0, 0.05) is 25.2 Å². The van der Waals surface area contributed by atoms with Crippen molar-refractivity contribution in [2.24, 2.45) is 0 Å². The van der Waals surface area contributed by atoms with Crippen LogP contribution < -0.4 is 5.62 Å². The maximum absolute atomic E-state index is 13.6. The number of carbonyl (C=O) groups is 2. The van der Waals surface area contributed by atoms with Crippen LogP contribution in [0.3, 0.4) is 0 Å². The molecule has 7 nitrogen and oxygen atoms in total. The van der Waals surface area contributed by atoms with E-state index in [1.807, 2.05) is 79.9 Å². The molecule has 3 aromatic carbocycles. The molecule has 0 aliphatic rings. The lowest BCUT2D eigenvalue weighted by molar-refractivity contribution is 0.0824. The Kier molecular flexibility index (Phi) is 8.12. The van der Waals surface area contributed by atoms with E-state index in [9.17, 15) is 14.7 Å². The highest BCUT2D eigenvalue weighted by molar-refractivity contribution is 8.93. The summed E-state index contributed by atoms with van der Waals surface area (Å²) in [6.45, 7) is 6.22. The van der Waals surface area contributed by atoms with Gasteiger partial charge in [-0.15, -0.1) is 17.0 Å². The molecular weight excluding hydrogens is 532 g/mol. The zero-order chi connectivity index (χ0) is 26.2. The number of imidazole rings is 1. The Morgan fingerprint density at radius 1 is 0.919 bits per heavy atom. The highest BCUT2D eigenvalue weighted by atomic mass is 79.9. The second-order valence-electron chi connectivity index (χ2n) is 10.3. The average molecular weight is 566 g/mol. The van der Waals surface area contributed by atoms with Crippen LogP contribution in [0.5, 0.6) is 5.75 Å². The Labute approximate surface area is 227 Å². The van der Waals surface area contributed by atoms with Crippen molar-refractivity contribution in [3.05, 3.63) is 94.6 Å². The number of rotatable bonds is 6. The minimum absolute atomic E-state index is 0. The number of benzene rings is 3. The van der Waals surface area contributed by atoms with E-state index in [0.717, 1.165) is 16.6 Å². The van der Waals surface area contributed by atoms with E-state index in [2.05, 4.69) is 0 Å². The van der Waals surface area contributed by atoms with Crippen LogP contribution in [0.1, 0.15) is 52.6 Å². The normalized spacial score (nSPS) is 11.3. The fourth-order valence-electron chi connectivity index (χ4n) is 4.39. The predicted molar refractivity (Wildman–Crippen MR) is 151 cm³/mol. The molecule has 1 aromatic heterocycles. The highest BCUT2D eigenvalue weighted by Crippen LogP contribution is 2.35. The van der Waals surface area contributed by atoms with Crippen LogP contribution in [0.25, 0.3) is 11.0 Å². The lowest BCUT2D eigenvalue weighted by Crippen LogP contribution is -2.28. The first-order valence-electron chi connectivity index (χ1n) is 11.9. The molecule has 194 valence electrons. The first-order chi connectivity index (χ1) is 17.0. The van der Waals surface area contributed by atoms with Gasteiger partial charge in [-0.2, -0.15) is 0 Å². The molecule has 0 spiro atoms. The van der Waals surface area contributed by atoms with Crippen molar-refractivity contribution in [2.45, 2.75) is 39.3 Å². The summed E-state index contributed by atoms with van der Waals surface area (Å²) >= 11 is 0. The molecule has 1 heterocycles. The number of hydrogen-bond acceptors (Lipinski definition) is 4. The Bertz CT molecular complexity index is 1510. The predicted octanol–water partition coefficient (Wildman–Crippen LogP) is 5.14. The van der Waals surface area contributed by atoms with Gasteiger partial charge in [-0.1, -0.05) is 63.2 Å². The van der Waals surface area contributed by atoms with Crippen molar-refractivity contribution in [1.82, 2.24) is 14.0 Å². The van der Waals surface area contributed by atoms with Crippen molar-refractivity contribution < 1.29 is 14.7 Å². The maximum Gasteiger partial charge on any atom is 0.257 e. The molecule has 37 heavy (non-hydrogen) atoms. The summed E-state index contributed by atoms with van der Waals surface area (Å²) in [7, 11) is 3.22. The molecular formula is C29H33BrN4O3. The number of nitrogens with zero attached hydrogens (tertiary/aromatic N) is 3. The number of amides is 1. The number of para-hydroxylation sites is 2. The number of halogens is 1. The summed E-state index contributed by atoms with van der Waals surface area (Å²) < 4.78 is 3.58. The third-order valence-electron chi connectivity index (χ3n) is 6.34. The molecule has 0 radical (unpaired) electrons. The quantitative estimate of drug-likeness (QED) is 0.318. The Morgan fingerprint density at radius 3 is 2.05 bits per heavy atom. The number of Topliss-reactive ketones (excluding diaryl/α,β-unsaturated/α-hetero) is 1. The van der Waals surface area contributed by atoms with Gasteiger partial charge in [0.1, 0.15) is 5.75 Å². The molecule has 0 aliphatic heterocycles. The lowest BCUT2D eigenvalue weighted by atomic mass is 9.83. The standard InChI is InChI=1S/C29H32N4O3.BrH/c1-29(2,3)22-16-20(15-21(26(22)35)27(36)31(4)5)25(34)18-33-24-14-10-9-13-23(24)32(28(33)30)17-19-11-7-6-8-12-19;/h6-16,30,35H,17-18H2,1-5H3;1H. The van der Waals surface area contributed by atoms with E-state index < -0.39 is 5.41 Å². The zero-order valence-electron chi connectivity index (χ0n) is 21.8. The molecule has 0 unspecified atom stereocenters. The first kappa shape index (κ1) is 27.9. The summed E-state index contributed by atoms with van der Waals surface area (Å²) in [5.74, 6) is -0.721. The summed E-state index contributed by atoms with van der Waals surface area (Å²) in [6, 6.07) is 20.7. The van der Waals surface area contributed by atoms with Crippen LogP contribution in [0.15, 0.2) is 66.7 Å². The second kappa shape index (κ2) is 10.8. The Morgan fingerprint density at radius 2 is 1.49 bits per heavy atom. The first-order valence-corrected chi connectivity index (χ1v) is 11.9. The van der Waals surface area contributed by atoms with Crippen LogP contribution >= 0.6 is 17.0 Å². The molecule has 0 fully saturated rings. The van der Waals surface area contributed by atoms with E-state index in [1.165, 1.54) is 11.0 Å². The maximum atomic E-state index is 13.6. The summed E-state index contributed by atoms with van der Waals surface area (Å²) in [5.41, 5.74) is 3.39. The van der Waals surface area contributed by atoms with Gasteiger partial charge in [-0.3, -0.25) is 15.0 Å². The molecule has 2 N–H and O–H groups in total. The summed E-state index contributed by atoms with van der Waals surface area (Å²) in [6.07, 6.45) is 0. The number of aromatic hydroxyl groups is 1. The second-order valence-corrected chi connectivity index (χ2v) is 10.3. The van der Waals surface area contributed by atoms with E-state index in [1.54, 1.807) is 24.7 Å². The largest absolute Gasteiger partial charge is 0.507 e. The fourth-order valence-corrected chi connectivity index (χ4v) is 4.39. The molecule has 8 heteroatoms. The lowest BCUT2D eigenvalue weighted by Gasteiger charge is -2.24. The minimum Gasteiger partial charge on any atom is -0.507 e. The molecule has 1 amide bonds. The van der Waals surface area contributed by atoms with Crippen LogP contribution in [0, 0.1) is 5.41 Å². The highest BCUT2D eigenvalue weighted by Gasteiger charge is 2.27. The van der Waals surface area contributed by atoms with Crippen LogP contribution in [-0.2, 0) is 18.5 Å².